The topological polar surface area (TPSA) is 51.8 Å². The van der Waals surface area contributed by atoms with Gasteiger partial charge in [0.15, 0.2) is 0 Å². The molecule has 0 radical (unpaired) electrons. The van der Waals surface area contributed by atoms with E-state index in [-0.39, 0.29) is 0 Å². The van der Waals surface area contributed by atoms with E-state index in [1.54, 1.807) is 17.5 Å². The summed E-state index contributed by atoms with van der Waals surface area (Å²) in [6.45, 7) is 0.548. The Bertz CT molecular complexity index is 646. The summed E-state index contributed by atoms with van der Waals surface area (Å²) < 4.78 is 1.17. The van der Waals surface area contributed by atoms with Crippen LogP contribution in [-0.2, 0) is 6.54 Å². The van der Waals surface area contributed by atoms with Gasteiger partial charge in [0.2, 0.25) is 0 Å². The lowest BCUT2D eigenvalue weighted by molar-refractivity contribution is 1.07. The largest absolute Gasteiger partial charge is 0.326 e. The van der Waals surface area contributed by atoms with Crippen LogP contribution < -0.4 is 5.73 Å². The fraction of sp³-hybridized carbons (Fsp3) is 0.0769. The molecule has 0 bridgehead atoms. The summed E-state index contributed by atoms with van der Waals surface area (Å²) in [7, 11) is 0. The molecule has 4 heteroatoms. The average molecular weight is 241 g/mol. The van der Waals surface area contributed by atoms with Crippen LogP contribution in [0.5, 0.6) is 0 Å². The van der Waals surface area contributed by atoms with Crippen molar-refractivity contribution in [3.8, 4) is 10.7 Å². The van der Waals surface area contributed by atoms with Gasteiger partial charge in [-0.2, -0.15) is 0 Å². The van der Waals surface area contributed by atoms with Crippen molar-refractivity contribution < 1.29 is 0 Å². The van der Waals surface area contributed by atoms with E-state index in [0.717, 1.165) is 21.8 Å². The van der Waals surface area contributed by atoms with Crippen molar-refractivity contribution in [1.82, 2.24) is 9.97 Å². The monoisotopic (exact) mass is 241 g/mol. The van der Waals surface area contributed by atoms with Crippen molar-refractivity contribution in [2.45, 2.75) is 6.54 Å². The van der Waals surface area contributed by atoms with Crippen molar-refractivity contribution in [1.29, 1.82) is 0 Å². The van der Waals surface area contributed by atoms with Gasteiger partial charge in [-0.3, -0.25) is 4.98 Å². The molecule has 0 aliphatic carbocycles. The molecule has 3 aromatic rings. The smallest absolute Gasteiger partial charge is 0.143 e. The van der Waals surface area contributed by atoms with Gasteiger partial charge in [0, 0.05) is 12.7 Å². The van der Waals surface area contributed by atoms with Gasteiger partial charge in [-0.25, -0.2) is 4.98 Å². The molecule has 0 aliphatic rings. The van der Waals surface area contributed by atoms with Crippen LogP contribution in [0, 0.1) is 0 Å². The Morgan fingerprint density at radius 1 is 1.18 bits per heavy atom. The van der Waals surface area contributed by atoms with Gasteiger partial charge in [0.05, 0.1) is 15.9 Å². The lowest BCUT2D eigenvalue weighted by Crippen LogP contribution is -1.94. The molecule has 0 spiro atoms. The van der Waals surface area contributed by atoms with Crippen LogP contribution in [0.2, 0.25) is 0 Å². The maximum absolute atomic E-state index is 5.62. The van der Waals surface area contributed by atoms with Gasteiger partial charge in [-0.1, -0.05) is 12.1 Å². The molecule has 0 fully saturated rings. The van der Waals surface area contributed by atoms with Gasteiger partial charge in [-0.15, -0.1) is 11.3 Å². The summed E-state index contributed by atoms with van der Waals surface area (Å²) in [6, 6.07) is 12.0. The number of pyridine rings is 1. The Balaban J connectivity index is 2.14. The number of thiazole rings is 1. The molecule has 2 N–H and O–H groups in total. The second kappa shape index (κ2) is 4.24. The highest BCUT2D eigenvalue weighted by Gasteiger charge is 2.06. The van der Waals surface area contributed by atoms with Crippen LogP contribution in [-0.4, -0.2) is 9.97 Å². The molecule has 17 heavy (non-hydrogen) atoms. The molecule has 0 saturated carbocycles. The van der Waals surface area contributed by atoms with Gasteiger partial charge < -0.3 is 5.73 Å². The highest BCUT2D eigenvalue weighted by Crippen LogP contribution is 2.29. The minimum Gasteiger partial charge on any atom is -0.326 e. The lowest BCUT2D eigenvalue weighted by Gasteiger charge is -1.93. The van der Waals surface area contributed by atoms with E-state index in [4.69, 9.17) is 5.73 Å². The molecule has 1 aromatic carbocycles. The molecule has 84 valence electrons. The second-order valence-electron chi connectivity index (χ2n) is 3.74. The number of aromatic nitrogens is 2. The molecule has 0 atom stereocenters. The Morgan fingerprint density at radius 2 is 2.12 bits per heavy atom. The highest BCUT2D eigenvalue weighted by molar-refractivity contribution is 7.21. The lowest BCUT2D eigenvalue weighted by atomic mass is 10.2. The number of hydrogen-bond donors (Lipinski definition) is 1. The van der Waals surface area contributed by atoms with E-state index in [1.807, 2.05) is 30.3 Å². The van der Waals surface area contributed by atoms with E-state index in [1.165, 1.54) is 4.70 Å². The first-order valence-corrected chi connectivity index (χ1v) is 6.19. The summed E-state index contributed by atoms with van der Waals surface area (Å²) in [5, 5.41) is 0.953. The molecule has 0 saturated heterocycles. The van der Waals surface area contributed by atoms with Gasteiger partial charge in [0.1, 0.15) is 5.01 Å². The molecular weight excluding hydrogens is 230 g/mol. The fourth-order valence-electron chi connectivity index (χ4n) is 1.70. The SMILES string of the molecule is NCc1ccc2sc(-c3ccccn3)nc2c1. The molecule has 2 aromatic heterocycles. The van der Waals surface area contributed by atoms with Crippen molar-refractivity contribution in [3.63, 3.8) is 0 Å². The highest BCUT2D eigenvalue weighted by atomic mass is 32.1. The molecule has 3 nitrogen and oxygen atoms in total. The Labute approximate surface area is 103 Å². The molecule has 0 aliphatic heterocycles. The number of benzene rings is 1. The number of nitrogens with two attached hydrogens (primary N) is 1. The van der Waals surface area contributed by atoms with Gasteiger partial charge >= 0.3 is 0 Å². The van der Waals surface area contributed by atoms with Crippen LogP contribution in [0.4, 0.5) is 0 Å². The summed E-state index contributed by atoms with van der Waals surface area (Å²) >= 11 is 1.66. The van der Waals surface area contributed by atoms with Crippen LogP contribution in [0.25, 0.3) is 20.9 Å². The third-order valence-corrected chi connectivity index (χ3v) is 3.63. The summed E-state index contributed by atoms with van der Waals surface area (Å²) in [4.78, 5) is 8.90. The zero-order valence-electron chi connectivity index (χ0n) is 9.13. The average Bonchev–Trinajstić information content (AvgIpc) is 2.82. The zero-order valence-corrected chi connectivity index (χ0v) is 9.95. The van der Waals surface area contributed by atoms with E-state index in [9.17, 15) is 0 Å². The van der Waals surface area contributed by atoms with Crippen molar-refractivity contribution >= 4 is 21.6 Å². The number of hydrogen-bond acceptors (Lipinski definition) is 4. The Kier molecular flexibility index (Phi) is 2.59. The summed E-state index contributed by atoms with van der Waals surface area (Å²) in [5.41, 5.74) is 8.65. The van der Waals surface area contributed by atoms with Crippen molar-refractivity contribution in [3.05, 3.63) is 48.2 Å². The summed E-state index contributed by atoms with van der Waals surface area (Å²) in [6.07, 6.45) is 1.78. The van der Waals surface area contributed by atoms with Gasteiger partial charge in [0.25, 0.3) is 0 Å². The first kappa shape index (κ1) is 10.4. The van der Waals surface area contributed by atoms with Crippen LogP contribution in [0.3, 0.4) is 0 Å². The zero-order chi connectivity index (χ0) is 11.7. The third kappa shape index (κ3) is 1.92. The molecule has 3 rings (SSSR count). The quantitative estimate of drug-likeness (QED) is 0.750. The number of rotatable bonds is 2. The van der Waals surface area contributed by atoms with E-state index >= 15 is 0 Å². The third-order valence-electron chi connectivity index (χ3n) is 2.57. The van der Waals surface area contributed by atoms with Crippen LogP contribution in [0.1, 0.15) is 5.56 Å². The van der Waals surface area contributed by atoms with Crippen molar-refractivity contribution in [2.24, 2.45) is 5.73 Å². The second-order valence-corrected chi connectivity index (χ2v) is 4.77. The Morgan fingerprint density at radius 3 is 2.88 bits per heavy atom. The Hall–Kier alpha value is -1.78. The summed E-state index contributed by atoms with van der Waals surface area (Å²) in [5.74, 6) is 0. The maximum Gasteiger partial charge on any atom is 0.143 e. The van der Waals surface area contributed by atoms with E-state index < -0.39 is 0 Å². The first-order chi connectivity index (χ1) is 8.36. The molecular formula is C13H11N3S. The maximum atomic E-state index is 5.62. The van der Waals surface area contributed by atoms with E-state index in [2.05, 4.69) is 16.0 Å². The minimum absolute atomic E-state index is 0.548. The first-order valence-electron chi connectivity index (χ1n) is 5.38. The minimum atomic E-state index is 0.548. The predicted molar refractivity (Wildman–Crippen MR) is 70.7 cm³/mol. The number of nitrogens with zero attached hydrogens (tertiary/aromatic N) is 2. The fourth-order valence-corrected chi connectivity index (χ4v) is 2.62. The molecule has 0 amide bonds. The standard InChI is InChI=1S/C13H11N3S/c14-8-9-4-5-12-11(7-9)16-13(17-12)10-3-1-2-6-15-10/h1-7H,8,14H2. The predicted octanol–water partition coefficient (Wildman–Crippen LogP) is 2.82. The van der Waals surface area contributed by atoms with Gasteiger partial charge in [-0.05, 0) is 29.8 Å². The molecule has 0 unspecified atom stereocenters. The molecule has 2 heterocycles. The van der Waals surface area contributed by atoms with Crippen LogP contribution >= 0.6 is 11.3 Å². The van der Waals surface area contributed by atoms with Crippen molar-refractivity contribution in [2.75, 3.05) is 0 Å². The normalized spacial score (nSPS) is 10.9. The number of fused-ring (bicyclic) bond motifs is 1. The van der Waals surface area contributed by atoms with E-state index in [0.29, 0.717) is 6.54 Å². The van der Waals surface area contributed by atoms with Crippen LogP contribution in [0.15, 0.2) is 42.6 Å².